The van der Waals surface area contributed by atoms with Crippen LogP contribution in [0.4, 0.5) is 5.82 Å². The van der Waals surface area contributed by atoms with E-state index in [9.17, 15) is 0 Å². The van der Waals surface area contributed by atoms with Gasteiger partial charge in [0.25, 0.3) is 0 Å². The van der Waals surface area contributed by atoms with Crippen molar-refractivity contribution in [2.75, 3.05) is 25.6 Å². The predicted molar refractivity (Wildman–Crippen MR) is 72.5 cm³/mol. The Morgan fingerprint density at radius 1 is 1.06 bits per heavy atom. The summed E-state index contributed by atoms with van der Waals surface area (Å²) in [6.07, 6.45) is 0.957. The molecule has 0 bridgehead atoms. The number of hydrogen-bond acceptors (Lipinski definition) is 4. The summed E-state index contributed by atoms with van der Waals surface area (Å²) < 4.78 is 4.98. The number of benzene rings is 1. The molecule has 0 atom stereocenters. The molecule has 0 saturated carbocycles. The van der Waals surface area contributed by atoms with E-state index in [2.05, 4.69) is 15.5 Å². The van der Waals surface area contributed by atoms with Crippen LogP contribution < -0.4 is 5.32 Å². The molecule has 0 saturated heterocycles. The van der Waals surface area contributed by atoms with Crippen molar-refractivity contribution in [2.24, 2.45) is 0 Å². The summed E-state index contributed by atoms with van der Waals surface area (Å²) in [7, 11) is 1.70. The molecule has 1 heterocycles. The summed E-state index contributed by atoms with van der Waals surface area (Å²) in [5.74, 6) is 0.797. The van der Waals surface area contributed by atoms with E-state index in [-0.39, 0.29) is 0 Å². The van der Waals surface area contributed by atoms with Gasteiger partial charge in [-0.1, -0.05) is 30.3 Å². The van der Waals surface area contributed by atoms with Gasteiger partial charge in [0.2, 0.25) is 0 Å². The van der Waals surface area contributed by atoms with E-state index in [1.807, 2.05) is 42.5 Å². The number of aromatic nitrogens is 2. The maximum absolute atomic E-state index is 4.98. The lowest BCUT2D eigenvalue weighted by Crippen LogP contribution is -2.06. The van der Waals surface area contributed by atoms with Gasteiger partial charge in [-0.3, -0.25) is 0 Å². The van der Waals surface area contributed by atoms with Gasteiger partial charge in [0, 0.05) is 25.8 Å². The monoisotopic (exact) mass is 243 g/mol. The zero-order valence-electron chi connectivity index (χ0n) is 10.5. The van der Waals surface area contributed by atoms with Crippen molar-refractivity contribution >= 4 is 5.82 Å². The van der Waals surface area contributed by atoms with Crippen LogP contribution in [0, 0.1) is 0 Å². The number of methoxy groups -OCH3 is 1. The lowest BCUT2D eigenvalue weighted by atomic mass is 10.1. The Bertz CT molecular complexity index is 456. The summed E-state index contributed by atoms with van der Waals surface area (Å²) in [4.78, 5) is 0. The number of nitrogens with one attached hydrogen (secondary N) is 1. The fraction of sp³-hybridized carbons (Fsp3) is 0.286. The van der Waals surface area contributed by atoms with E-state index in [0.29, 0.717) is 0 Å². The van der Waals surface area contributed by atoms with Crippen LogP contribution in [0.5, 0.6) is 0 Å². The zero-order chi connectivity index (χ0) is 12.6. The SMILES string of the molecule is COCCCNc1ccc(-c2ccccc2)nn1. The van der Waals surface area contributed by atoms with Crippen molar-refractivity contribution < 1.29 is 4.74 Å². The Balaban J connectivity index is 1.94. The van der Waals surface area contributed by atoms with Crippen LogP contribution in [-0.4, -0.2) is 30.5 Å². The number of hydrogen-bond donors (Lipinski definition) is 1. The highest BCUT2D eigenvalue weighted by atomic mass is 16.5. The first-order valence-electron chi connectivity index (χ1n) is 6.02. The predicted octanol–water partition coefficient (Wildman–Crippen LogP) is 2.59. The molecule has 1 aromatic heterocycles. The first-order valence-corrected chi connectivity index (χ1v) is 6.02. The molecule has 0 amide bonds. The Kier molecular flexibility index (Phi) is 4.67. The third-order valence-corrected chi connectivity index (χ3v) is 2.57. The van der Waals surface area contributed by atoms with Gasteiger partial charge in [-0.2, -0.15) is 0 Å². The van der Waals surface area contributed by atoms with Gasteiger partial charge in [0.05, 0.1) is 5.69 Å². The van der Waals surface area contributed by atoms with E-state index in [0.717, 1.165) is 36.6 Å². The molecule has 0 aliphatic rings. The molecule has 94 valence electrons. The topological polar surface area (TPSA) is 47.0 Å². The number of ether oxygens (including phenoxy) is 1. The minimum Gasteiger partial charge on any atom is -0.385 e. The number of nitrogens with zero attached hydrogens (tertiary/aromatic N) is 2. The molecule has 2 rings (SSSR count). The van der Waals surface area contributed by atoms with Crippen LogP contribution >= 0.6 is 0 Å². The maximum Gasteiger partial charge on any atom is 0.148 e. The summed E-state index contributed by atoms with van der Waals surface area (Å²) in [6, 6.07) is 13.9. The van der Waals surface area contributed by atoms with Crippen molar-refractivity contribution in [2.45, 2.75) is 6.42 Å². The second-order valence-electron chi connectivity index (χ2n) is 3.94. The normalized spacial score (nSPS) is 10.3. The fourth-order valence-corrected chi connectivity index (χ4v) is 1.62. The van der Waals surface area contributed by atoms with Gasteiger partial charge < -0.3 is 10.1 Å². The molecule has 0 aliphatic carbocycles. The van der Waals surface area contributed by atoms with Gasteiger partial charge in [0.15, 0.2) is 0 Å². The Morgan fingerprint density at radius 3 is 2.56 bits per heavy atom. The zero-order valence-corrected chi connectivity index (χ0v) is 10.5. The Labute approximate surface area is 107 Å². The summed E-state index contributed by atoms with van der Waals surface area (Å²) in [6.45, 7) is 1.59. The molecular formula is C14H17N3O. The van der Waals surface area contributed by atoms with Crippen LogP contribution in [-0.2, 0) is 4.74 Å². The van der Waals surface area contributed by atoms with Crippen molar-refractivity contribution in [3.8, 4) is 11.3 Å². The van der Waals surface area contributed by atoms with Crippen molar-refractivity contribution in [1.82, 2.24) is 10.2 Å². The lowest BCUT2D eigenvalue weighted by Gasteiger charge is -2.05. The first kappa shape index (κ1) is 12.5. The van der Waals surface area contributed by atoms with E-state index < -0.39 is 0 Å². The Morgan fingerprint density at radius 2 is 1.89 bits per heavy atom. The maximum atomic E-state index is 4.98. The molecule has 0 fully saturated rings. The first-order chi connectivity index (χ1) is 8.90. The van der Waals surface area contributed by atoms with Gasteiger partial charge in [0.1, 0.15) is 5.82 Å². The van der Waals surface area contributed by atoms with Crippen molar-refractivity contribution in [3.05, 3.63) is 42.5 Å². The molecule has 0 spiro atoms. The molecular weight excluding hydrogens is 226 g/mol. The van der Waals surface area contributed by atoms with Crippen molar-refractivity contribution in [1.29, 1.82) is 0 Å². The summed E-state index contributed by atoms with van der Waals surface area (Å²) >= 11 is 0. The minimum atomic E-state index is 0.753. The molecule has 0 aliphatic heterocycles. The molecule has 18 heavy (non-hydrogen) atoms. The molecule has 2 aromatic rings. The number of rotatable bonds is 6. The molecule has 4 heteroatoms. The van der Waals surface area contributed by atoms with Gasteiger partial charge in [-0.05, 0) is 18.6 Å². The van der Waals surface area contributed by atoms with Gasteiger partial charge in [-0.25, -0.2) is 0 Å². The summed E-state index contributed by atoms with van der Waals surface area (Å²) in [5, 5.41) is 11.6. The third-order valence-electron chi connectivity index (χ3n) is 2.57. The fourth-order valence-electron chi connectivity index (χ4n) is 1.62. The highest BCUT2D eigenvalue weighted by Crippen LogP contribution is 2.16. The molecule has 4 nitrogen and oxygen atoms in total. The summed E-state index contributed by atoms with van der Waals surface area (Å²) in [5.41, 5.74) is 1.97. The van der Waals surface area contributed by atoms with Gasteiger partial charge in [-0.15, -0.1) is 10.2 Å². The highest BCUT2D eigenvalue weighted by Gasteiger charge is 1.99. The Hall–Kier alpha value is -1.94. The standard InChI is InChI=1S/C14H17N3O/c1-18-11-5-10-15-14-9-8-13(16-17-14)12-6-3-2-4-7-12/h2-4,6-9H,5,10-11H2,1H3,(H,15,17). The van der Waals surface area contributed by atoms with Crippen LogP contribution in [0.2, 0.25) is 0 Å². The molecule has 0 unspecified atom stereocenters. The van der Waals surface area contributed by atoms with Crippen LogP contribution in [0.15, 0.2) is 42.5 Å². The third kappa shape index (κ3) is 3.53. The van der Waals surface area contributed by atoms with Crippen molar-refractivity contribution in [3.63, 3.8) is 0 Å². The lowest BCUT2D eigenvalue weighted by molar-refractivity contribution is 0.197. The second-order valence-corrected chi connectivity index (χ2v) is 3.94. The van der Waals surface area contributed by atoms with E-state index in [1.54, 1.807) is 7.11 Å². The van der Waals surface area contributed by atoms with Crippen LogP contribution in [0.25, 0.3) is 11.3 Å². The highest BCUT2D eigenvalue weighted by molar-refractivity contribution is 5.59. The molecule has 1 N–H and O–H groups in total. The minimum absolute atomic E-state index is 0.753. The van der Waals surface area contributed by atoms with Crippen LogP contribution in [0.3, 0.4) is 0 Å². The van der Waals surface area contributed by atoms with E-state index in [4.69, 9.17) is 4.74 Å². The van der Waals surface area contributed by atoms with Gasteiger partial charge >= 0.3 is 0 Å². The van der Waals surface area contributed by atoms with E-state index in [1.165, 1.54) is 0 Å². The molecule has 1 aromatic carbocycles. The number of anilines is 1. The van der Waals surface area contributed by atoms with E-state index >= 15 is 0 Å². The average molecular weight is 243 g/mol. The average Bonchev–Trinajstić information content (AvgIpc) is 2.45. The quantitative estimate of drug-likeness (QED) is 0.792. The smallest absolute Gasteiger partial charge is 0.148 e. The van der Waals surface area contributed by atoms with Crippen LogP contribution in [0.1, 0.15) is 6.42 Å². The largest absolute Gasteiger partial charge is 0.385 e. The second kappa shape index (κ2) is 6.71. The molecule has 0 radical (unpaired) electrons.